The van der Waals surface area contributed by atoms with Crippen molar-refractivity contribution in [3.8, 4) is 5.75 Å². The van der Waals surface area contributed by atoms with Crippen LogP contribution in [0.1, 0.15) is 21.5 Å². The quantitative estimate of drug-likeness (QED) is 0.845. The van der Waals surface area contributed by atoms with E-state index in [9.17, 15) is 23.1 Å². The average Bonchev–Trinajstić information content (AvgIpc) is 2.48. The topological polar surface area (TPSA) is 40.5 Å². The molecule has 0 aliphatic carbocycles. The normalized spacial score (nSPS) is 11.3. The number of rotatable bonds is 3. The smallest absolute Gasteiger partial charge is 0.416 e. The minimum atomic E-state index is -4.39. The van der Waals surface area contributed by atoms with Gasteiger partial charge in [0.1, 0.15) is 5.75 Å². The number of phenols is 1. The van der Waals surface area contributed by atoms with Crippen molar-refractivity contribution >= 4 is 21.8 Å². The predicted molar refractivity (Wildman–Crippen MR) is 83.0 cm³/mol. The Bertz CT molecular complexity index is 714. The van der Waals surface area contributed by atoms with Crippen molar-refractivity contribution in [2.45, 2.75) is 12.7 Å². The summed E-state index contributed by atoms with van der Waals surface area (Å²) in [4.78, 5) is 13.6. The number of hydrogen-bond acceptors (Lipinski definition) is 2. The number of aromatic hydroxyl groups is 1. The lowest BCUT2D eigenvalue weighted by molar-refractivity contribution is -0.137. The summed E-state index contributed by atoms with van der Waals surface area (Å²) < 4.78 is 38.2. The number of amides is 1. The SMILES string of the molecule is CN(Cc1ccc(C(F)(F)F)cc1)C(=O)c1cc(Br)ccc1O. The number of nitrogens with zero attached hydrogens (tertiary/aromatic N) is 1. The maximum Gasteiger partial charge on any atom is 0.416 e. The number of benzene rings is 2. The minimum Gasteiger partial charge on any atom is -0.507 e. The summed E-state index contributed by atoms with van der Waals surface area (Å²) in [6.45, 7) is 0.128. The fourth-order valence-electron chi connectivity index (χ4n) is 2.03. The summed E-state index contributed by atoms with van der Waals surface area (Å²) in [6, 6.07) is 9.08. The zero-order valence-corrected chi connectivity index (χ0v) is 13.6. The van der Waals surface area contributed by atoms with Crippen LogP contribution in [-0.2, 0) is 12.7 Å². The van der Waals surface area contributed by atoms with Crippen molar-refractivity contribution in [3.05, 3.63) is 63.6 Å². The Hall–Kier alpha value is -2.02. The molecule has 0 heterocycles. The zero-order valence-electron chi connectivity index (χ0n) is 12.1. The van der Waals surface area contributed by atoms with Gasteiger partial charge in [-0.1, -0.05) is 28.1 Å². The fourth-order valence-corrected chi connectivity index (χ4v) is 2.39. The van der Waals surface area contributed by atoms with Gasteiger partial charge in [-0.3, -0.25) is 4.79 Å². The molecule has 1 amide bonds. The highest BCUT2D eigenvalue weighted by Gasteiger charge is 2.30. The summed E-state index contributed by atoms with van der Waals surface area (Å²) in [5, 5.41) is 9.75. The number of hydrogen-bond donors (Lipinski definition) is 1. The Labute approximate surface area is 139 Å². The van der Waals surface area contributed by atoms with Gasteiger partial charge in [-0.15, -0.1) is 0 Å². The molecule has 0 atom stereocenters. The first-order valence-corrected chi connectivity index (χ1v) is 7.38. The largest absolute Gasteiger partial charge is 0.507 e. The molecule has 1 N–H and O–H groups in total. The van der Waals surface area contributed by atoms with E-state index in [-0.39, 0.29) is 17.9 Å². The van der Waals surface area contributed by atoms with Crippen LogP contribution in [0, 0.1) is 0 Å². The molecule has 0 spiro atoms. The molecule has 0 fully saturated rings. The molecule has 0 saturated heterocycles. The van der Waals surface area contributed by atoms with E-state index in [1.807, 2.05) is 0 Å². The zero-order chi connectivity index (χ0) is 17.2. The predicted octanol–water partition coefficient (Wildman–Crippen LogP) is 4.45. The summed E-state index contributed by atoms with van der Waals surface area (Å²) in [5.41, 5.74) is -0.0583. The Morgan fingerprint density at radius 1 is 1.17 bits per heavy atom. The average molecular weight is 388 g/mol. The molecule has 0 radical (unpaired) electrons. The maximum absolute atomic E-state index is 12.5. The van der Waals surface area contributed by atoms with Crippen molar-refractivity contribution in [2.75, 3.05) is 7.05 Å². The van der Waals surface area contributed by atoms with Gasteiger partial charge in [-0.25, -0.2) is 0 Å². The Morgan fingerprint density at radius 2 is 1.78 bits per heavy atom. The standard InChI is InChI=1S/C16H13BrF3NO2/c1-21(15(23)13-8-12(17)6-7-14(13)22)9-10-2-4-11(5-3-10)16(18,19)20/h2-8,22H,9H2,1H3. The lowest BCUT2D eigenvalue weighted by atomic mass is 10.1. The lowest BCUT2D eigenvalue weighted by Gasteiger charge is -2.18. The van der Waals surface area contributed by atoms with Crippen LogP contribution < -0.4 is 0 Å². The van der Waals surface area contributed by atoms with Crippen molar-refractivity contribution in [1.82, 2.24) is 4.90 Å². The first-order valence-electron chi connectivity index (χ1n) is 6.58. The molecule has 0 saturated carbocycles. The molecule has 0 aliphatic rings. The Morgan fingerprint density at radius 3 is 2.35 bits per heavy atom. The third-order valence-electron chi connectivity index (χ3n) is 3.24. The van der Waals surface area contributed by atoms with Crippen LogP contribution in [-0.4, -0.2) is 23.0 Å². The monoisotopic (exact) mass is 387 g/mol. The summed E-state index contributed by atoms with van der Waals surface area (Å²) in [5.74, 6) is -0.582. The lowest BCUT2D eigenvalue weighted by Crippen LogP contribution is -2.26. The minimum absolute atomic E-state index is 0.119. The van der Waals surface area contributed by atoms with E-state index in [4.69, 9.17) is 0 Å². The van der Waals surface area contributed by atoms with Crippen molar-refractivity contribution in [2.24, 2.45) is 0 Å². The first-order chi connectivity index (χ1) is 10.7. The number of halogens is 4. The van der Waals surface area contributed by atoms with Crippen LogP contribution in [0.2, 0.25) is 0 Å². The van der Waals surface area contributed by atoms with Gasteiger partial charge >= 0.3 is 6.18 Å². The van der Waals surface area contributed by atoms with Crippen LogP contribution in [0.4, 0.5) is 13.2 Å². The molecule has 2 aromatic carbocycles. The molecule has 0 unspecified atom stereocenters. The van der Waals surface area contributed by atoms with Crippen molar-refractivity contribution < 1.29 is 23.1 Å². The summed E-state index contributed by atoms with van der Waals surface area (Å²) in [6.07, 6.45) is -4.39. The molecular weight excluding hydrogens is 375 g/mol. The molecule has 7 heteroatoms. The van der Waals surface area contributed by atoms with Crippen molar-refractivity contribution in [3.63, 3.8) is 0 Å². The molecule has 3 nitrogen and oxygen atoms in total. The third kappa shape index (κ3) is 4.25. The van der Waals surface area contributed by atoms with Gasteiger partial charge in [0.05, 0.1) is 11.1 Å². The van der Waals surface area contributed by atoms with E-state index >= 15 is 0 Å². The van der Waals surface area contributed by atoms with Gasteiger partial charge in [-0.2, -0.15) is 13.2 Å². The van der Waals surface area contributed by atoms with Gasteiger partial charge < -0.3 is 10.0 Å². The molecule has 0 bridgehead atoms. The van der Waals surface area contributed by atoms with Crippen LogP contribution in [0.15, 0.2) is 46.9 Å². The number of carbonyl (C=O) groups excluding carboxylic acids is 1. The van der Waals surface area contributed by atoms with Gasteiger partial charge in [0.25, 0.3) is 5.91 Å². The maximum atomic E-state index is 12.5. The Kier molecular flexibility index (Phi) is 4.99. The van der Waals surface area contributed by atoms with Gasteiger partial charge in [0, 0.05) is 18.1 Å². The number of phenolic OH excluding ortho intramolecular Hbond substituents is 1. The van der Waals surface area contributed by atoms with E-state index in [2.05, 4.69) is 15.9 Å². The summed E-state index contributed by atoms with van der Waals surface area (Å²) >= 11 is 3.22. The number of carbonyl (C=O) groups is 1. The van der Waals surface area contributed by atoms with Gasteiger partial charge in [0.2, 0.25) is 0 Å². The summed E-state index contributed by atoms with van der Waals surface area (Å²) in [7, 11) is 1.51. The molecule has 0 aromatic heterocycles. The second kappa shape index (κ2) is 6.62. The fraction of sp³-hybridized carbons (Fsp3) is 0.188. The van der Waals surface area contributed by atoms with Gasteiger partial charge in [-0.05, 0) is 35.9 Å². The first kappa shape index (κ1) is 17.3. The molecule has 0 aliphatic heterocycles. The molecule has 122 valence electrons. The van der Waals surface area contributed by atoms with E-state index < -0.39 is 17.6 Å². The van der Waals surface area contributed by atoms with Crippen LogP contribution in [0.25, 0.3) is 0 Å². The number of alkyl halides is 3. The van der Waals surface area contributed by atoms with E-state index in [1.165, 1.54) is 36.2 Å². The van der Waals surface area contributed by atoms with Crippen LogP contribution in [0.3, 0.4) is 0 Å². The van der Waals surface area contributed by atoms with Crippen LogP contribution >= 0.6 is 15.9 Å². The van der Waals surface area contributed by atoms with Crippen molar-refractivity contribution in [1.29, 1.82) is 0 Å². The molecule has 2 aromatic rings. The third-order valence-corrected chi connectivity index (χ3v) is 3.73. The Balaban J connectivity index is 2.13. The van der Waals surface area contributed by atoms with Gasteiger partial charge in [0.15, 0.2) is 0 Å². The van der Waals surface area contributed by atoms with E-state index in [0.29, 0.717) is 10.0 Å². The van der Waals surface area contributed by atoms with Crippen LogP contribution in [0.5, 0.6) is 5.75 Å². The highest BCUT2D eigenvalue weighted by Crippen LogP contribution is 2.29. The second-order valence-electron chi connectivity index (χ2n) is 5.02. The highest BCUT2D eigenvalue weighted by molar-refractivity contribution is 9.10. The molecular formula is C16H13BrF3NO2. The van der Waals surface area contributed by atoms with E-state index in [0.717, 1.165) is 12.1 Å². The molecule has 23 heavy (non-hydrogen) atoms. The van der Waals surface area contributed by atoms with E-state index in [1.54, 1.807) is 6.07 Å². The molecule has 2 rings (SSSR count). The highest BCUT2D eigenvalue weighted by atomic mass is 79.9. The second-order valence-corrected chi connectivity index (χ2v) is 5.93.